The maximum atomic E-state index is 9.77. The van der Waals surface area contributed by atoms with Crippen molar-refractivity contribution in [2.24, 2.45) is 0 Å². The van der Waals surface area contributed by atoms with Crippen LogP contribution in [0, 0.1) is 6.92 Å². The van der Waals surface area contributed by atoms with E-state index in [0.29, 0.717) is 19.2 Å². The second-order valence-electron chi connectivity index (χ2n) is 6.15. The van der Waals surface area contributed by atoms with Crippen LogP contribution in [0.1, 0.15) is 24.0 Å². The Hall–Kier alpha value is -0.650. The minimum absolute atomic E-state index is 0.383. The molecule has 0 aliphatic carbocycles. The molecule has 0 saturated carbocycles. The van der Waals surface area contributed by atoms with Gasteiger partial charge in [0, 0.05) is 31.3 Å². The van der Waals surface area contributed by atoms with Gasteiger partial charge in [-0.25, -0.2) is 0 Å². The standard InChI is InChI=1S/C17H27ClN2O2/c1-13-9-14(3-4-17(13)18)10-19-15-5-7-20(8-6-15)11-16(21)12-22-2/h3-4,9,15-16,19,21H,5-8,10-12H2,1-2H3. The van der Waals surface area contributed by atoms with Crippen LogP contribution in [-0.2, 0) is 11.3 Å². The fourth-order valence-corrected chi connectivity index (χ4v) is 3.06. The number of nitrogens with one attached hydrogen (secondary N) is 1. The van der Waals surface area contributed by atoms with Crippen molar-refractivity contribution in [2.45, 2.75) is 38.5 Å². The molecule has 1 atom stereocenters. The van der Waals surface area contributed by atoms with Gasteiger partial charge >= 0.3 is 0 Å². The number of β-amino-alcohol motifs (C(OH)–C–C–N with tert-alkyl or cyclic N) is 1. The van der Waals surface area contributed by atoms with E-state index in [9.17, 15) is 5.11 Å². The van der Waals surface area contributed by atoms with Crippen LogP contribution < -0.4 is 5.32 Å². The lowest BCUT2D eigenvalue weighted by molar-refractivity contribution is 0.0310. The summed E-state index contributed by atoms with van der Waals surface area (Å²) in [5, 5.41) is 14.2. The molecule has 0 radical (unpaired) electrons. The van der Waals surface area contributed by atoms with E-state index in [2.05, 4.69) is 22.3 Å². The van der Waals surface area contributed by atoms with Gasteiger partial charge in [-0.15, -0.1) is 0 Å². The predicted molar refractivity (Wildman–Crippen MR) is 90.4 cm³/mol. The first-order valence-electron chi connectivity index (χ1n) is 7.96. The third-order valence-corrected chi connectivity index (χ3v) is 4.66. The molecule has 124 valence electrons. The molecular formula is C17H27ClN2O2. The third kappa shape index (κ3) is 5.52. The van der Waals surface area contributed by atoms with E-state index in [1.165, 1.54) is 5.56 Å². The molecule has 2 rings (SSSR count). The number of ether oxygens (including phenoxy) is 1. The average molecular weight is 327 g/mol. The number of aryl methyl sites for hydroxylation is 1. The molecule has 1 aromatic carbocycles. The highest BCUT2D eigenvalue weighted by atomic mass is 35.5. The highest BCUT2D eigenvalue weighted by molar-refractivity contribution is 6.31. The maximum absolute atomic E-state index is 9.77. The van der Waals surface area contributed by atoms with Crippen LogP contribution >= 0.6 is 11.6 Å². The zero-order valence-corrected chi connectivity index (χ0v) is 14.3. The first kappa shape index (κ1) is 17.7. The summed E-state index contributed by atoms with van der Waals surface area (Å²) in [6.45, 7) is 6.09. The van der Waals surface area contributed by atoms with Gasteiger partial charge in [0.1, 0.15) is 0 Å². The van der Waals surface area contributed by atoms with Crippen molar-refractivity contribution in [3.63, 3.8) is 0 Å². The fourth-order valence-electron chi connectivity index (χ4n) is 2.94. The lowest BCUT2D eigenvalue weighted by atomic mass is 10.0. The monoisotopic (exact) mass is 326 g/mol. The van der Waals surface area contributed by atoms with Gasteiger partial charge in [-0.2, -0.15) is 0 Å². The van der Waals surface area contributed by atoms with Crippen LogP contribution in [0.5, 0.6) is 0 Å². The topological polar surface area (TPSA) is 44.7 Å². The largest absolute Gasteiger partial charge is 0.389 e. The summed E-state index contributed by atoms with van der Waals surface area (Å²) >= 11 is 6.05. The number of hydrogen-bond donors (Lipinski definition) is 2. The molecule has 1 heterocycles. The summed E-state index contributed by atoms with van der Waals surface area (Å²) in [5.41, 5.74) is 2.41. The number of methoxy groups -OCH3 is 1. The fraction of sp³-hybridized carbons (Fsp3) is 0.647. The zero-order valence-electron chi connectivity index (χ0n) is 13.5. The highest BCUT2D eigenvalue weighted by Crippen LogP contribution is 2.17. The van der Waals surface area contributed by atoms with Crippen LogP contribution in [0.3, 0.4) is 0 Å². The Labute approximate surface area is 138 Å². The van der Waals surface area contributed by atoms with Crippen LogP contribution in [-0.4, -0.2) is 55.5 Å². The Balaban J connectivity index is 1.70. The van der Waals surface area contributed by atoms with Crippen molar-refractivity contribution in [1.82, 2.24) is 10.2 Å². The summed E-state index contributed by atoms with van der Waals surface area (Å²) in [4.78, 5) is 2.31. The predicted octanol–water partition coefficient (Wildman–Crippen LogP) is 2.21. The number of rotatable bonds is 7. The first-order chi connectivity index (χ1) is 10.6. The molecule has 0 spiro atoms. The van der Waals surface area contributed by atoms with Gasteiger partial charge in [0.2, 0.25) is 0 Å². The van der Waals surface area contributed by atoms with Crippen LogP contribution in [0.25, 0.3) is 0 Å². The van der Waals surface area contributed by atoms with Gasteiger partial charge in [-0.1, -0.05) is 23.7 Å². The van der Waals surface area contributed by atoms with Gasteiger partial charge in [0.15, 0.2) is 0 Å². The quantitative estimate of drug-likeness (QED) is 0.806. The first-order valence-corrected chi connectivity index (χ1v) is 8.34. The van der Waals surface area contributed by atoms with Gasteiger partial charge in [-0.05, 0) is 50.0 Å². The van der Waals surface area contributed by atoms with Crippen molar-refractivity contribution in [2.75, 3.05) is 33.4 Å². The SMILES string of the molecule is COCC(O)CN1CCC(NCc2ccc(Cl)c(C)c2)CC1. The number of nitrogens with zero attached hydrogens (tertiary/aromatic N) is 1. The molecule has 1 aliphatic heterocycles. The molecule has 0 bridgehead atoms. The zero-order chi connectivity index (χ0) is 15.9. The Bertz CT molecular complexity index is 462. The smallest absolute Gasteiger partial charge is 0.0900 e. The number of halogens is 1. The second kappa shape index (κ2) is 8.85. The number of likely N-dealkylation sites (tertiary alicyclic amines) is 1. The van der Waals surface area contributed by atoms with Crippen molar-refractivity contribution >= 4 is 11.6 Å². The molecule has 1 unspecified atom stereocenters. The van der Waals surface area contributed by atoms with Gasteiger partial charge < -0.3 is 20.1 Å². The summed E-state index contributed by atoms with van der Waals surface area (Å²) in [5.74, 6) is 0. The van der Waals surface area contributed by atoms with Crippen molar-refractivity contribution < 1.29 is 9.84 Å². The van der Waals surface area contributed by atoms with E-state index in [-0.39, 0.29) is 6.10 Å². The Morgan fingerprint density at radius 3 is 2.77 bits per heavy atom. The van der Waals surface area contributed by atoms with Crippen molar-refractivity contribution in [3.8, 4) is 0 Å². The van der Waals surface area contributed by atoms with Crippen LogP contribution in [0.2, 0.25) is 5.02 Å². The molecule has 0 aromatic heterocycles. The third-order valence-electron chi connectivity index (χ3n) is 4.23. The summed E-state index contributed by atoms with van der Waals surface area (Å²) in [7, 11) is 1.62. The average Bonchev–Trinajstić information content (AvgIpc) is 2.50. The number of aliphatic hydroxyl groups is 1. The second-order valence-corrected chi connectivity index (χ2v) is 6.56. The van der Waals surface area contributed by atoms with Gasteiger partial charge in [0.25, 0.3) is 0 Å². The lowest BCUT2D eigenvalue weighted by Crippen LogP contribution is -2.45. The van der Waals surface area contributed by atoms with E-state index in [1.54, 1.807) is 7.11 Å². The minimum Gasteiger partial charge on any atom is -0.389 e. The molecule has 1 saturated heterocycles. The Morgan fingerprint density at radius 2 is 2.14 bits per heavy atom. The van der Waals surface area contributed by atoms with E-state index in [4.69, 9.17) is 16.3 Å². The molecule has 5 heteroatoms. The van der Waals surface area contributed by atoms with E-state index in [1.807, 2.05) is 13.0 Å². The molecule has 22 heavy (non-hydrogen) atoms. The number of piperidine rings is 1. The van der Waals surface area contributed by atoms with Crippen molar-refractivity contribution in [3.05, 3.63) is 34.3 Å². The maximum Gasteiger partial charge on any atom is 0.0900 e. The summed E-state index contributed by atoms with van der Waals surface area (Å²) < 4.78 is 4.97. The molecule has 2 N–H and O–H groups in total. The van der Waals surface area contributed by atoms with Crippen LogP contribution in [0.15, 0.2) is 18.2 Å². The Kier molecular flexibility index (Phi) is 7.12. The van der Waals surface area contributed by atoms with E-state index >= 15 is 0 Å². The summed E-state index contributed by atoms with van der Waals surface area (Å²) in [6.07, 6.45) is 1.85. The highest BCUT2D eigenvalue weighted by Gasteiger charge is 2.20. The van der Waals surface area contributed by atoms with Crippen molar-refractivity contribution in [1.29, 1.82) is 0 Å². The Morgan fingerprint density at radius 1 is 1.41 bits per heavy atom. The van der Waals surface area contributed by atoms with E-state index < -0.39 is 0 Å². The normalized spacial score (nSPS) is 18.5. The molecule has 1 aromatic rings. The molecule has 0 amide bonds. The van der Waals surface area contributed by atoms with Gasteiger partial charge in [-0.3, -0.25) is 0 Å². The lowest BCUT2D eigenvalue weighted by Gasteiger charge is -2.33. The van der Waals surface area contributed by atoms with Crippen LogP contribution in [0.4, 0.5) is 0 Å². The molecule has 1 aliphatic rings. The number of hydrogen-bond acceptors (Lipinski definition) is 4. The molecule has 4 nitrogen and oxygen atoms in total. The molecule has 1 fully saturated rings. The molecular weight excluding hydrogens is 300 g/mol. The van der Waals surface area contributed by atoms with Gasteiger partial charge in [0.05, 0.1) is 12.7 Å². The minimum atomic E-state index is -0.383. The summed E-state index contributed by atoms with van der Waals surface area (Å²) in [6, 6.07) is 6.74. The van der Waals surface area contributed by atoms with E-state index in [0.717, 1.165) is 43.1 Å². The number of benzene rings is 1. The number of aliphatic hydroxyl groups excluding tert-OH is 1.